The third-order valence-electron chi connectivity index (χ3n) is 4.73. The van der Waals surface area contributed by atoms with E-state index >= 15 is 0 Å². The number of para-hydroxylation sites is 1. The van der Waals surface area contributed by atoms with Crippen LogP contribution in [0, 0.1) is 6.92 Å². The van der Waals surface area contributed by atoms with Crippen LogP contribution < -0.4 is 5.56 Å². The molecule has 2 aromatic heterocycles. The topological polar surface area (TPSA) is 66.8 Å². The maximum atomic E-state index is 12.3. The molecule has 1 aromatic carbocycles. The monoisotopic (exact) mass is 367 g/mol. The number of hydrogen-bond donors (Lipinski definition) is 1. The molecule has 1 aliphatic heterocycles. The highest BCUT2D eigenvalue weighted by Gasteiger charge is 2.22. The molecular formula is C19H21N5OS. The van der Waals surface area contributed by atoms with Gasteiger partial charge in [-0.05, 0) is 25.3 Å². The number of nitrogens with one attached hydrogen (secondary N) is 1. The molecule has 4 rings (SSSR count). The molecule has 0 saturated carbocycles. The van der Waals surface area contributed by atoms with Crippen LogP contribution >= 0.6 is 11.8 Å². The Balaban J connectivity index is 1.54. The standard InChI is InChI=1S/C19H21N5OS/c1-13-14(11-24(22-13)15-6-4-3-5-7-15)10-23-9-8-17-16(12-23)18(25)21-19(20-17)26-2/h3-7,11H,8-10,12H2,1-2H3,(H,20,21,25). The van der Waals surface area contributed by atoms with E-state index < -0.39 is 0 Å². The zero-order valence-corrected chi connectivity index (χ0v) is 15.7. The smallest absolute Gasteiger partial charge is 0.256 e. The van der Waals surface area contributed by atoms with E-state index in [0.29, 0.717) is 11.7 Å². The summed E-state index contributed by atoms with van der Waals surface area (Å²) in [7, 11) is 0. The van der Waals surface area contributed by atoms with Crippen LogP contribution in [0.25, 0.3) is 5.69 Å². The second-order valence-corrected chi connectivity index (χ2v) is 7.28. The van der Waals surface area contributed by atoms with Crippen LogP contribution in [0.15, 0.2) is 46.5 Å². The Bertz CT molecular complexity index is 979. The van der Waals surface area contributed by atoms with Crippen LogP contribution in [0.4, 0.5) is 0 Å². The molecule has 3 heterocycles. The summed E-state index contributed by atoms with van der Waals surface area (Å²) in [5, 5.41) is 5.33. The summed E-state index contributed by atoms with van der Waals surface area (Å²) in [6.45, 7) is 4.34. The molecule has 1 N–H and O–H groups in total. The van der Waals surface area contributed by atoms with E-state index in [2.05, 4.69) is 26.2 Å². The van der Waals surface area contributed by atoms with Crippen molar-refractivity contribution in [2.45, 2.75) is 31.6 Å². The fraction of sp³-hybridized carbons (Fsp3) is 0.316. The van der Waals surface area contributed by atoms with Crippen molar-refractivity contribution >= 4 is 11.8 Å². The van der Waals surface area contributed by atoms with Gasteiger partial charge in [0.2, 0.25) is 0 Å². The van der Waals surface area contributed by atoms with Crippen molar-refractivity contribution in [1.29, 1.82) is 0 Å². The Morgan fingerprint density at radius 3 is 2.85 bits per heavy atom. The van der Waals surface area contributed by atoms with Crippen LogP contribution in [0.1, 0.15) is 22.5 Å². The first-order valence-electron chi connectivity index (χ1n) is 8.63. The van der Waals surface area contributed by atoms with Crippen molar-refractivity contribution in [2.24, 2.45) is 0 Å². The number of nitrogens with zero attached hydrogens (tertiary/aromatic N) is 4. The quantitative estimate of drug-likeness (QED) is 0.567. The van der Waals surface area contributed by atoms with Gasteiger partial charge in [-0.15, -0.1) is 0 Å². The highest BCUT2D eigenvalue weighted by atomic mass is 32.2. The van der Waals surface area contributed by atoms with Gasteiger partial charge in [-0.2, -0.15) is 5.10 Å². The molecule has 0 aliphatic carbocycles. The van der Waals surface area contributed by atoms with E-state index in [4.69, 9.17) is 0 Å². The van der Waals surface area contributed by atoms with Gasteiger partial charge in [0.1, 0.15) is 0 Å². The Labute approximate surface area is 156 Å². The average molecular weight is 367 g/mol. The van der Waals surface area contributed by atoms with Crippen LogP contribution in [-0.2, 0) is 19.5 Å². The van der Waals surface area contributed by atoms with Crippen molar-refractivity contribution < 1.29 is 0 Å². The molecule has 3 aromatic rings. The first kappa shape index (κ1) is 17.1. The molecule has 0 atom stereocenters. The molecule has 26 heavy (non-hydrogen) atoms. The molecule has 0 bridgehead atoms. The van der Waals surface area contributed by atoms with E-state index in [-0.39, 0.29) is 5.56 Å². The highest BCUT2D eigenvalue weighted by molar-refractivity contribution is 7.98. The summed E-state index contributed by atoms with van der Waals surface area (Å²) in [5.41, 5.74) is 4.97. The number of aromatic nitrogens is 4. The number of thioether (sulfide) groups is 1. The SMILES string of the molecule is CSc1nc2c(c(=O)[nH]1)CN(Cc1cn(-c3ccccc3)nc1C)CC2. The van der Waals surface area contributed by atoms with Gasteiger partial charge in [0, 0.05) is 37.8 Å². The summed E-state index contributed by atoms with van der Waals surface area (Å²) in [4.78, 5) is 22.1. The van der Waals surface area contributed by atoms with Gasteiger partial charge < -0.3 is 4.98 Å². The molecule has 6 nitrogen and oxygen atoms in total. The molecule has 0 fully saturated rings. The van der Waals surface area contributed by atoms with Gasteiger partial charge in [0.05, 0.1) is 22.6 Å². The lowest BCUT2D eigenvalue weighted by atomic mass is 10.1. The summed E-state index contributed by atoms with van der Waals surface area (Å²) < 4.78 is 1.92. The number of aryl methyl sites for hydroxylation is 1. The molecule has 0 unspecified atom stereocenters. The summed E-state index contributed by atoms with van der Waals surface area (Å²) in [6, 6.07) is 10.1. The molecule has 0 radical (unpaired) electrons. The fourth-order valence-electron chi connectivity index (χ4n) is 3.29. The second-order valence-electron chi connectivity index (χ2n) is 6.48. The first-order chi connectivity index (χ1) is 12.6. The first-order valence-corrected chi connectivity index (χ1v) is 9.85. The molecule has 134 valence electrons. The summed E-state index contributed by atoms with van der Waals surface area (Å²) in [5.74, 6) is 0. The minimum Gasteiger partial charge on any atom is -0.301 e. The van der Waals surface area contributed by atoms with Crippen LogP contribution in [0.3, 0.4) is 0 Å². The number of hydrogen-bond acceptors (Lipinski definition) is 5. The predicted molar refractivity (Wildman–Crippen MR) is 103 cm³/mol. The van der Waals surface area contributed by atoms with Crippen molar-refractivity contribution in [3.8, 4) is 5.69 Å². The van der Waals surface area contributed by atoms with Crippen molar-refractivity contribution in [2.75, 3.05) is 12.8 Å². The Morgan fingerprint density at radius 1 is 1.27 bits per heavy atom. The normalized spacial score (nSPS) is 14.4. The van der Waals surface area contributed by atoms with E-state index in [1.807, 2.05) is 48.2 Å². The molecular weight excluding hydrogens is 346 g/mol. The number of H-pyrrole nitrogens is 1. The van der Waals surface area contributed by atoms with Gasteiger partial charge in [-0.3, -0.25) is 9.69 Å². The summed E-state index contributed by atoms with van der Waals surface area (Å²) in [6.07, 6.45) is 4.81. The van der Waals surface area contributed by atoms with Crippen molar-refractivity contribution in [3.05, 3.63) is 69.4 Å². The van der Waals surface area contributed by atoms with E-state index in [1.165, 1.54) is 17.3 Å². The zero-order chi connectivity index (χ0) is 18.1. The fourth-order valence-corrected chi connectivity index (χ4v) is 3.69. The van der Waals surface area contributed by atoms with E-state index in [0.717, 1.165) is 42.1 Å². The molecule has 0 saturated heterocycles. The lowest BCUT2D eigenvalue weighted by molar-refractivity contribution is 0.240. The van der Waals surface area contributed by atoms with Crippen LogP contribution in [0.2, 0.25) is 0 Å². The third-order valence-corrected chi connectivity index (χ3v) is 5.31. The lowest BCUT2D eigenvalue weighted by Gasteiger charge is -2.27. The molecule has 7 heteroatoms. The number of fused-ring (bicyclic) bond motifs is 1. The molecule has 0 spiro atoms. The minimum absolute atomic E-state index is 0.0132. The van der Waals surface area contributed by atoms with E-state index in [1.54, 1.807) is 0 Å². The summed E-state index contributed by atoms with van der Waals surface area (Å²) >= 11 is 1.47. The minimum atomic E-state index is -0.0132. The second kappa shape index (κ2) is 7.09. The maximum absolute atomic E-state index is 12.3. The van der Waals surface area contributed by atoms with Crippen LogP contribution in [-0.4, -0.2) is 37.4 Å². The Hall–Kier alpha value is -2.38. The van der Waals surface area contributed by atoms with Gasteiger partial charge in [0.25, 0.3) is 5.56 Å². The highest BCUT2D eigenvalue weighted by Crippen LogP contribution is 2.20. The maximum Gasteiger partial charge on any atom is 0.256 e. The predicted octanol–water partition coefficient (Wildman–Crippen LogP) is 2.54. The van der Waals surface area contributed by atoms with Gasteiger partial charge >= 0.3 is 0 Å². The zero-order valence-electron chi connectivity index (χ0n) is 14.9. The third kappa shape index (κ3) is 3.32. The molecule has 1 aliphatic rings. The Kier molecular flexibility index (Phi) is 4.65. The van der Waals surface area contributed by atoms with Gasteiger partial charge in [-0.1, -0.05) is 30.0 Å². The largest absolute Gasteiger partial charge is 0.301 e. The van der Waals surface area contributed by atoms with Gasteiger partial charge in [0.15, 0.2) is 5.16 Å². The Morgan fingerprint density at radius 2 is 2.08 bits per heavy atom. The van der Waals surface area contributed by atoms with Gasteiger partial charge in [-0.25, -0.2) is 9.67 Å². The van der Waals surface area contributed by atoms with Crippen LogP contribution in [0.5, 0.6) is 0 Å². The number of rotatable bonds is 4. The molecule has 0 amide bonds. The number of benzene rings is 1. The van der Waals surface area contributed by atoms with E-state index in [9.17, 15) is 4.79 Å². The lowest BCUT2D eigenvalue weighted by Crippen LogP contribution is -2.35. The average Bonchev–Trinajstić information content (AvgIpc) is 3.03. The van der Waals surface area contributed by atoms with Crippen molar-refractivity contribution in [1.82, 2.24) is 24.6 Å². The van der Waals surface area contributed by atoms with Crippen molar-refractivity contribution in [3.63, 3.8) is 0 Å². The number of aromatic amines is 1.